The van der Waals surface area contributed by atoms with Gasteiger partial charge in [-0.25, -0.2) is 4.79 Å². The number of unbranched alkanes of at least 4 members (excludes halogenated alkanes) is 31. The summed E-state index contributed by atoms with van der Waals surface area (Å²) in [6.07, 6.45) is 53.7. The van der Waals surface area contributed by atoms with E-state index in [1.54, 1.807) is 0 Å². The van der Waals surface area contributed by atoms with Crippen LogP contribution in [0.15, 0.2) is 24.3 Å². The number of ether oxygens (including phenoxy) is 3. The van der Waals surface area contributed by atoms with E-state index >= 15 is 0 Å². The first-order valence-corrected chi connectivity index (χ1v) is 26.9. The number of carboxylic acid groups (broad SMARTS) is 1. The van der Waals surface area contributed by atoms with Crippen LogP contribution in [-0.2, 0) is 28.6 Å². The van der Waals surface area contributed by atoms with E-state index in [0.29, 0.717) is 19.3 Å². The highest BCUT2D eigenvalue weighted by molar-refractivity contribution is 5.72. The summed E-state index contributed by atoms with van der Waals surface area (Å²) in [5.41, 5.74) is 0. The Morgan fingerprint density at radius 1 is 0.460 bits per heavy atom. The van der Waals surface area contributed by atoms with Gasteiger partial charge >= 0.3 is 17.9 Å². The fraction of sp³-hybridized carbons (Fsp3) is 0.873. The van der Waals surface area contributed by atoms with Crippen molar-refractivity contribution in [3.63, 3.8) is 0 Å². The molecule has 8 heteroatoms. The first kappa shape index (κ1) is 60.8. The number of allylic oxidation sites excluding steroid dienone is 4. The topological polar surface area (TPSA) is 99.1 Å². The van der Waals surface area contributed by atoms with Crippen molar-refractivity contribution in [1.82, 2.24) is 0 Å². The highest BCUT2D eigenvalue weighted by Gasteiger charge is 2.31. The maximum absolute atomic E-state index is 12.8. The molecule has 0 fully saturated rings. The summed E-state index contributed by atoms with van der Waals surface area (Å²) in [5.74, 6) is -1.46. The van der Waals surface area contributed by atoms with Crippen LogP contribution in [0.3, 0.4) is 0 Å². The van der Waals surface area contributed by atoms with E-state index < -0.39 is 18.1 Å². The molecule has 0 spiro atoms. The molecule has 0 saturated carbocycles. The quantitative estimate of drug-likeness (QED) is 0.0281. The number of esters is 2. The maximum atomic E-state index is 12.8. The van der Waals surface area contributed by atoms with Gasteiger partial charge in [0.1, 0.15) is 6.61 Å². The number of carbonyl (C=O) groups is 3. The van der Waals surface area contributed by atoms with E-state index in [0.717, 1.165) is 38.5 Å². The van der Waals surface area contributed by atoms with Crippen LogP contribution < -0.4 is 0 Å². The fourth-order valence-corrected chi connectivity index (χ4v) is 8.14. The molecule has 8 nitrogen and oxygen atoms in total. The SMILES string of the molecule is CCCCCCCCCC/C=C/CCCCCCCCCC(=O)OC(COCCC(C(=O)O)[N+](C)(C)C)COC(=O)CCCCCCCCC/C=C/CCCCCCCCCCC. The molecule has 0 bridgehead atoms. The van der Waals surface area contributed by atoms with Crippen molar-refractivity contribution in [2.45, 2.75) is 270 Å². The molecule has 0 aromatic heterocycles. The minimum absolute atomic E-state index is 0.0513. The zero-order chi connectivity index (χ0) is 46.3. The molecular formula is C55H104NO7+. The van der Waals surface area contributed by atoms with E-state index in [1.807, 2.05) is 21.1 Å². The molecule has 0 aliphatic heterocycles. The number of aliphatic carboxylic acids is 1. The summed E-state index contributed by atoms with van der Waals surface area (Å²) in [7, 11) is 5.54. The van der Waals surface area contributed by atoms with Gasteiger partial charge in [0.25, 0.3) is 0 Å². The molecule has 0 aromatic rings. The Kier molecular flexibility index (Phi) is 44.7. The van der Waals surface area contributed by atoms with Crippen molar-refractivity contribution in [2.75, 3.05) is 41.0 Å². The van der Waals surface area contributed by atoms with Crippen LogP contribution in [0, 0.1) is 0 Å². The third kappa shape index (κ3) is 44.8. The lowest BCUT2D eigenvalue weighted by Gasteiger charge is -2.31. The van der Waals surface area contributed by atoms with Gasteiger partial charge in [0.05, 0.1) is 34.4 Å². The molecule has 370 valence electrons. The number of carboxylic acids is 1. The summed E-state index contributed by atoms with van der Waals surface area (Å²) in [5, 5.41) is 9.66. The lowest BCUT2D eigenvalue weighted by molar-refractivity contribution is -0.887. The number of nitrogens with zero attached hydrogens (tertiary/aromatic N) is 1. The number of likely N-dealkylation sites (N-methyl/N-ethyl adjacent to an activating group) is 1. The van der Waals surface area contributed by atoms with Crippen molar-refractivity contribution in [2.24, 2.45) is 0 Å². The Hall–Kier alpha value is -2.19. The third-order valence-electron chi connectivity index (χ3n) is 12.3. The number of hydrogen-bond acceptors (Lipinski definition) is 6. The largest absolute Gasteiger partial charge is 0.477 e. The van der Waals surface area contributed by atoms with Gasteiger partial charge in [-0.05, 0) is 64.2 Å². The molecule has 0 rings (SSSR count). The second-order valence-electron chi connectivity index (χ2n) is 19.5. The van der Waals surface area contributed by atoms with Crippen LogP contribution in [0.4, 0.5) is 0 Å². The number of quaternary nitrogens is 1. The first-order chi connectivity index (χ1) is 30.6. The molecule has 63 heavy (non-hydrogen) atoms. The summed E-state index contributed by atoms with van der Waals surface area (Å²) in [6.45, 7) is 4.77. The molecule has 0 aliphatic rings. The van der Waals surface area contributed by atoms with Crippen LogP contribution in [-0.4, -0.2) is 80.6 Å². The van der Waals surface area contributed by atoms with Crippen molar-refractivity contribution in [3.05, 3.63) is 24.3 Å². The van der Waals surface area contributed by atoms with E-state index in [1.165, 1.54) is 186 Å². The molecule has 0 aromatic carbocycles. The lowest BCUT2D eigenvalue weighted by Crippen LogP contribution is -2.50. The number of rotatable bonds is 49. The Morgan fingerprint density at radius 3 is 1.14 bits per heavy atom. The minimum atomic E-state index is -0.873. The Bertz CT molecular complexity index is 1080. The predicted octanol–water partition coefficient (Wildman–Crippen LogP) is 15.6. The summed E-state index contributed by atoms with van der Waals surface area (Å²) < 4.78 is 17.4. The highest BCUT2D eigenvalue weighted by atomic mass is 16.6. The average molecular weight is 891 g/mol. The first-order valence-electron chi connectivity index (χ1n) is 26.9. The molecule has 0 radical (unpaired) electrons. The van der Waals surface area contributed by atoms with Gasteiger partial charge in [-0.3, -0.25) is 9.59 Å². The number of hydrogen-bond donors (Lipinski definition) is 1. The van der Waals surface area contributed by atoms with E-state index in [2.05, 4.69) is 38.2 Å². The second kappa shape index (κ2) is 46.3. The van der Waals surface area contributed by atoms with Crippen molar-refractivity contribution >= 4 is 17.9 Å². The molecule has 2 unspecified atom stereocenters. The molecule has 0 amide bonds. The predicted molar refractivity (Wildman–Crippen MR) is 266 cm³/mol. The minimum Gasteiger partial charge on any atom is -0.477 e. The van der Waals surface area contributed by atoms with Crippen LogP contribution in [0.2, 0.25) is 0 Å². The van der Waals surface area contributed by atoms with Gasteiger partial charge in [0.2, 0.25) is 0 Å². The molecule has 2 atom stereocenters. The van der Waals surface area contributed by atoms with Gasteiger partial charge in [-0.15, -0.1) is 0 Å². The molecular weight excluding hydrogens is 787 g/mol. The third-order valence-corrected chi connectivity index (χ3v) is 12.3. The maximum Gasteiger partial charge on any atom is 0.362 e. The standard InChI is InChI=1S/C55H103NO7/c1-6-8-10-12-14-16-18-20-22-24-26-28-29-31-33-35-37-39-41-43-45-53(57)62-50-51(49-61-48-47-52(55(59)60)56(3,4)5)63-54(58)46-44-42-40-38-36-34-32-30-27-25-23-21-19-17-15-13-11-9-7-2/h25-28,51-52H,6-24,29-50H2,1-5H3/p+1/b27-25+,28-26+. The Balaban J connectivity index is 4.21. The van der Waals surface area contributed by atoms with Crippen LogP contribution in [0.25, 0.3) is 0 Å². The van der Waals surface area contributed by atoms with Crippen molar-refractivity contribution in [3.8, 4) is 0 Å². The van der Waals surface area contributed by atoms with Crippen molar-refractivity contribution < 1.29 is 38.2 Å². The molecule has 0 heterocycles. The van der Waals surface area contributed by atoms with Crippen LogP contribution >= 0.6 is 0 Å². The normalized spacial score (nSPS) is 13.0. The van der Waals surface area contributed by atoms with E-state index in [-0.39, 0.29) is 36.2 Å². The molecule has 0 saturated heterocycles. The molecule has 1 N–H and O–H groups in total. The van der Waals surface area contributed by atoms with E-state index in [4.69, 9.17) is 14.2 Å². The van der Waals surface area contributed by atoms with Gasteiger partial charge < -0.3 is 23.8 Å². The lowest BCUT2D eigenvalue weighted by atomic mass is 10.1. The average Bonchev–Trinajstić information content (AvgIpc) is 3.24. The van der Waals surface area contributed by atoms with Crippen LogP contribution in [0.1, 0.15) is 258 Å². The summed E-state index contributed by atoms with van der Waals surface area (Å²) in [6, 6.07) is -0.615. The molecule has 0 aliphatic carbocycles. The van der Waals surface area contributed by atoms with Gasteiger partial charge in [-0.2, -0.15) is 0 Å². The smallest absolute Gasteiger partial charge is 0.362 e. The Morgan fingerprint density at radius 2 is 0.794 bits per heavy atom. The zero-order valence-electron chi connectivity index (χ0n) is 42.3. The fourth-order valence-electron chi connectivity index (χ4n) is 8.14. The van der Waals surface area contributed by atoms with Gasteiger partial charge in [-0.1, -0.05) is 199 Å². The summed E-state index contributed by atoms with van der Waals surface area (Å²) >= 11 is 0. The summed E-state index contributed by atoms with van der Waals surface area (Å²) in [4.78, 5) is 37.2. The second-order valence-corrected chi connectivity index (χ2v) is 19.5. The van der Waals surface area contributed by atoms with Gasteiger partial charge in [0.15, 0.2) is 12.1 Å². The van der Waals surface area contributed by atoms with Gasteiger partial charge in [0, 0.05) is 19.3 Å². The zero-order valence-corrected chi connectivity index (χ0v) is 42.3. The van der Waals surface area contributed by atoms with E-state index in [9.17, 15) is 19.5 Å². The van der Waals surface area contributed by atoms with Crippen molar-refractivity contribution in [1.29, 1.82) is 0 Å². The number of carbonyl (C=O) groups excluding carboxylic acids is 2. The highest BCUT2D eigenvalue weighted by Crippen LogP contribution is 2.16. The Labute approximate surface area is 390 Å². The monoisotopic (exact) mass is 891 g/mol. The van der Waals surface area contributed by atoms with Crippen LogP contribution in [0.5, 0.6) is 0 Å².